The molecule has 0 aromatic heterocycles. The van der Waals surface area contributed by atoms with E-state index in [1.807, 2.05) is 0 Å². The lowest BCUT2D eigenvalue weighted by molar-refractivity contribution is 0.0721. The van der Waals surface area contributed by atoms with Gasteiger partial charge in [0.25, 0.3) is 0 Å². The van der Waals surface area contributed by atoms with Crippen LogP contribution < -0.4 is 0 Å². The van der Waals surface area contributed by atoms with Crippen molar-refractivity contribution in [2.45, 2.75) is 0 Å². The van der Waals surface area contributed by atoms with Crippen LogP contribution in [0.4, 0.5) is 0 Å². The van der Waals surface area contributed by atoms with Gasteiger partial charge in [-0.3, -0.25) is 4.21 Å². The van der Waals surface area contributed by atoms with Gasteiger partial charge >= 0.3 is 0 Å². The third-order valence-corrected chi connectivity index (χ3v) is 1.97. The first kappa shape index (κ1) is 7.14. The minimum absolute atomic E-state index is 0.496. The second kappa shape index (κ2) is 3.26. The normalized spacial score (nSPS) is 25.9. The molecule has 1 aliphatic heterocycles. The molecule has 54 valence electrons. The number of hydrogen-bond acceptors (Lipinski definition) is 3. The summed E-state index contributed by atoms with van der Waals surface area (Å²) in [5.41, 5.74) is 0. The number of ether oxygens (including phenoxy) is 1. The molecule has 1 heterocycles. The number of nitrogens with zero attached hydrogens (tertiary/aromatic N) is 1. The van der Waals surface area contributed by atoms with E-state index in [4.69, 9.17) is 4.74 Å². The van der Waals surface area contributed by atoms with E-state index in [0.717, 1.165) is 0 Å². The molecule has 0 N–H and O–H groups in total. The smallest absolute Gasteiger partial charge is 0.0604 e. The Morgan fingerprint density at radius 2 is 2.00 bits per heavy atom. The Bertz CT molecular complexity index is 112. The first-order valence-corrected chi connectivity index (χ1v) is 3.76. The van der Waals surface area contributed by atoms with Gasteiger partial charge in [0.1, 0.15) is 0 Å². The van der Waals surface area contributed by atoms with Crippen LogP contribution in [0.3, 0.4) is 0 Å². The monoisotopic (exact) mass is 150 g/mol. The van der Waals surface area contributed by atoms with E-state index in [1.54, 1.807) is 0 Å². The molecule has 1 atom stereocenters. The first-order valence-electron chi connectivity index (χ1n) is 2.73. The van der Waals surface area contributed by atoms with Crippen molar-refractivity contribution in [1.82, 2.24) is 4.31 Å². The fourth-order valence-electron chi connectivity index (χ4n) is 0.696. The van der Waals surface area contributed by atoms with Gasteiger partial charge in [-0.1, -0.05) is 0 Å². The van der Waals surface area contributed by atoms with Crippen molar-refractivity contribution < 1.29 is 13.5 Å². The zero-order chi connectivity index (χ0) is 6.69. The molecule has 0 aromatic rings. The highest BCUT2D eigenvalue weighted by Crippen LogP contribution is 1.97. The predicted molar refractivity (Wildman–Crippen MR) is 31.3 cm³/mol. The summed E-state index contributed by atoms with van der Waals surface area (Å²) in [6, 6.07) is 0. The molecule has 0 saturated carbocycles. The van der Waals surface area contributed by atoms with Gasteiger partial charge in [-0.05, 0) is 0 Å². The number of hydrogen-bond donors (Lipinski definition) is 0. The fraction of sp³-hybridized carbons (Fsp3) is 1.00. The van der Waals surface area contributed by atoms with E-state index in [0.29, 0.717) is 26.3 Å². The maximum Gasteiger partial charge on any atom is 0.0604 e. The molecule has 1 rings (SSSR count). The van der Waals surface area contributed by atoms with E-state index in [9.17, 15) is 8.76 Å². The van der Waals surface area contributed by atoms with Crippen molar-refractivity contribution in [3.8, 4) is 0 Å². The van der Waals surface area contributed by atoms with Gasteiger partial charge in [-0.15, -0.1) is 0 Å². The molecule has 1 saturated heterocycles. The Balaban J connectivity index is 2.31. The summed E-state index contributed by atoms with van der Waals surface area (Å²) in [6.45, 7) is 2.04. The second-order valence-electron chi connectivity index (χ2n) is 1.76. The quantitative estimate of drug-likeness (QED) is 0.456. The van der Waals surface area contributed by atoms with Gasteiger partial charge in [-0.25, -0.2) is 4.31 Å². The summed E-state index contributed by atoms with van der Waals surface area (Å²) >= 11 is -2.05. The molecule has 0 spiro atoms. The minimum Gasteiger partial charge on any atom is -0.760 e. The van der Waals surface area contributed by atoms with Gasteiger partial charge in [0.2, 0.25) is 0 Å². The van der Waals surface area contributed by atoms with Crippen LogP contribution in [0.25, 0.3) is 0 Å². The molecule has 0 radical (unpaired) electrons. The van der Waals surface area contributed by atoms with E-state index < -0.39 is 11.3 Å². The molecule has 1 fully saturated rings. The fourth-order valence-corrected chi connectivity index (χ4v) is 1.14. The summed E-state index contributed by atoms with van der Waals surface area (Å²) in [5.74, 6) is 0. The van der Waals surface area contributed by atoms with E-state index in [2.05, 4.69) is 0 Å². The standard InChI is InChI=1S/C4H9NO3S/c6-9(7)5-1-3-8-4-2-5/h1-4H2,(H,6,7)/p-1. The van der Waals surface area contributed by atoms with Crippen LogP contribution in [0.2, 0.25) is 0 Å². The third kappa shape index (κ3) is 2.02. The van der Waals surface area contributed by atoms with Crippen LogP contribution in [0.1, 0.15) is 0 Å². The molecule has 0 bridgehead atoms. The van der Waals surface area contributed by atoms with Gasteiger partial charge < -0.3 is 9.29 Å². The van der Waals surface area contributed by atoms with Gasteiger partial charge in [0, 0.05) is 24.4 Å². The summed E-state index contributed by atoms with van der Waals surface area (Å²) in [7, 11) is 0. The molecule has 1 unspecified atom stereocenters. The zero-order valence-corrected chi connectivity index (χ0v) is 5.73. The molecule has 0 amide bonds. The molecule has 0 aliphatic carbocycles. The third-order valence-electron chi connectivity index (χ3n) is 1.18. The highest BCUT2D eigenvalue weighted by atomic mass is 32.2. The van der Waals surface area contributed by atoms with E-state index >= 15 is 0 Å². The Kier molecular flexibility index (Phi) is 2.59. The SMILES string of the molecule is O=S([O-])N1CCOCC1. The average Bonchev–Trinajstić information content (AvgIpc) is 1.90. The highest BCUT2D eigenvalue weighted by molar-refractivity contribution is 7.76. The molecule has 5 heteroatoms. The van der Waals surface area contributed by atoms with Crippen molar-refractivity contribution in [2.24, 2.45) is 0 Å². The van der Waals surface area contributed by atoms with Gasteiger partial charge in [-0.2, -0.15) is 0 Å². The van der Waals surface area contributed by atoms with Crippen LogP contribution in [-0.4, -0.2) is 39.4 Å². The van der Waals surface area contributed by atoms with Crippen LogP contribution in [0, 0.1) is 0 Å². The Labute approximate surface area is 56.2 Å². The first-order chi connectivity index (χ1) is 4.30. The van der Waals surface area contributed by atoms with Crippen LogP contribution in [0.15, 0.2) is 0 Å². The van der Waals surface area contributed by atoms with Gasteiger partial charge in [0.15, 0.2) is 0 Å². The number of morpholine rings is 1. The Hall–Kier alpha value is 0.0300. The van der Waals surface area contributed by atoms with Crippen LogP contribution in [-0.2, 0) is 16.0 Å². The average molecular weight is 150 g/mol. The Morgan fingerprint density at radius 3 is 2.33 bits per heavy atom. The van der Waals surface area contributed by atoms with Crippen molar-refractivity contribution in [3.63, 3.8) is 0 Å². The zero-order valence-electron chi connectivity index (χ0n) is 4.91. The molecule has 1 aliphatic rings. The highest BCUT2D eigenvalue weighted by Gasteiger charge is 2.08. The van der Waals surface area contributed by atoms with Crippen LogP contribution >= 0.6 is 0 Å². The van der Waals surface area contributed by atoms with Crippen molar-refractivity contribution >= 4 is 11.3 Å². The summed E-state index contributed by atoms with van der Waals surface area (Å²) < 4.78 is 26.7. The van der Waals surface area contributed by atoms with Crippen molar-refractivity contribution in [2.75, 3.05) is 26.3 Å². The molecular formula is C4H8NO3S-. The lowest BCUT2D eigenvalue weighted by atomic mass is 10.5. The second-order valence-corrected chi connectivity index (χ2v) is 2.71. The molecule has 4 nitrogen and oxygen atoms in total. The van der Waals surface area contributed by atoms with Gasteiger partial charge in [0.05, 0.1) is 13.2 Å². The molecule has 0 aromatic carbocycles. The Morgan fingerprint density at radius 1 is 1.44 bits per heavy atom. The summed E-state index contributed by atoms with van der Waals surface area (Å²) in [4.78, 5) is 0. The summed E-state index contributed by atoms with van der Waals surface area (Å²) in [5, 5.41) is 0. The lowest BCUT2D eigenvalue weighted by Gasteiger charge is -2.27. The lowest BCUT2D eigenvalue weighted by Crippen LogP contribution is -2.37. The minimum atomic E-state index is -2.05. The maximum atomic E-state index is 10.2. The van der Waals surface area contributed by atoms with Crippen LogP contribution in [0.5, 0.6) is 0 Å². The maximum absolute atomic E-state index is 10.2. The number of rotatable bonds is 1. The van der Waals surface area contributed by atoms with Crippen molar-refractivity contribution in [3.05, 3.63) is 0 Å². The van der Waals surface area contributed by atoms with Crippen molar-refractivity contribution in [1.29, 1.82) is 0 Å². The molecule has 9 heavy (non-hydrogen) atoms. The predicted octanol–water partition coefficient (Wildman–Crippen LogP) is -0.887. The topological polar surface area (TPSA) is 52.6 Å². The molecular weight excluding hydrogens is 142 g/mol. The summed E-state index contributed by atoms with van der Waals surface area (Å²) in [6.07, 6.45) is 0. The van der Waals surface area contributed by atoms with E-state index in [-0.39, 0.29) is 0 Å². The largest absolute Gasteiger partial charge is 0.760 e. The van der Waals surface area contributed by atoms with E-state index in [1.165, 1.54) is 4.31 Å².